The lowest BCUT2D eigenvalue weighted by molar-refractivity contribution is 0.327. The molecule has 1 aromatic heterocycles. The largest absolute Gasteiger partial charge is 0.375 e. The van der Waals surface area contributed by atoms with E-state index in [0.29, 0.717) is 5.13 Å². The lowest BCUT2D eigenvalue weighted by atomic mass is 9.89. The first kappa shape index (κ1) is 13.6. The van der Waals surface area contributed by atoms with Crippen molar-refractivity contribution in [2.24, 2.45) is 0 Å². The second-order valence-electron chi connectivity index (χ2n) is 5.67. The monoisotopic (exact) mass is 287 g/mol. The molecule has 1 aromatic carbocycles. The minimum atomic E-state index is 0.250. The summed E-state index contributed by atoms with van der Waals surface area (Å²) in [5.41, 5.74) is 7.37. The Bertz CT molecular complexity index is 544. The average Bonchev–Trinajstić information content (AvgIpc) is 3.08. The second kappa shape index (κ2) is 5.94. The second-order valence-corrected chi connectivity index (χ2v) is 6.81. The minimum absolute atomic E-state index is 0.250. The molecule has 1 saturated carbocycles. The van der Waals surface area contributed by atoms with Crippen molar-refractivity contribution >= 4 is 16.5 Å². The Balaban J connectivity index is 1.68. The lowest BCUT2D eigenvalue weighted by Crippen LogP contribution is -2.44. The molecule has 1 aliphatic carbocycles. The Labute approximate surface area is 124 Å². The third-order valence-corrected chi connectivity index (χ3v) is 4.98. The molecular formula is C16H21N3S. The Morgan fingerprint density at radius 1 is 1.20 bits per heavy atom. The molecular weight excluding hydrogens is 266 g/mol. The zero-order chi connectivity index (χ0) is 13.8. The molecule has 0 bridgehead atoms. The van der Waals surface area contributed by atoms with E-state index in [1.54, 1.807) is 11.3 Å². The van der Waals surface area contributed by atoms with E-state index in [2.05, 4.69) is 40.6 Å². The summed E-state index contributed by atoms with van der Waals surface area (Å²) < 4.78 is 0. The standard InChI is InChI=1S/C16H21N3S/c17-15-18-11-14(20-15)12-19-16(8-4-5-9-16)10-13-6-2-1-3-7-13/h1-3,6-7,11,19H,4-5,8-10,12H2,(H2,17,18). The number of benzene rings is 1. The molecule has 1 fully saturated rings. The van der Waals surface area contributed by atoms with Gasteiger partial charge in [0.15, 0.2) is 5.13 Å². The molecule has 1 aliphatic rings. The van der Waals surface area contributed by atoms with Crippen LogP contribution in [0.5, 0.6) is 0 Å². The van der Waals surface area contributed by atoms with Crippen LogP contribution in [0, 0.1) is 0 Å². The number of hydrogen-bond donors (Lipinski definition) is 2. The van der Waals surface area contributed by atoms with Crippen LogP contribution in [0.15, 0.2) is 36.5 Å². The lowest BCUT2D eigenvalue weighted by Gasteiger charge is -2.30. The average molecular weight is 287 g/mol. The van der Waals surface area contributed by atoms with Gasteiger partial charge in [0.2, 0.25) is 0 Å². The highest BCUT2D eigenvalue weighted by Gasteiger charge is 2.33. The van der Waals surface area contributed by atoms with Crippen molar-refractivity contribution < 1.29 is 0 Å². The Kier molecular flexibility index (Phi) is 4.03. The van der Waals surface area contributed by atoms with E-state index < -0.39 is 0 Å². The van der Waals surface area contributed by atoms with E-state index in [-0.39, 0.29) is 5.54 Å². The van der Waals surface area contributed by atoms with Gasteiger partial charge in [0, 0.05) is 23.2 Å². The van der Waals surface area contributed by atoms with Crippen LogP contribution in [0.1, 0.15) is 36.1 Å². The first-order valence-corrected chi connectivity index (χ1v) is 8.07. The van der Waals surface area contributed by atoms with E-state index in [0.717, 1.165) is 13.0 Å². The molecule has 0 spiro atoms. The van der Waals surface area contributed by atoms with Crippen LogP contribution < -0.4 is 11.1 Å². The minimum Gasteiger partial charge on any atom is -0.375 e. The van der Waals surface area contributed by atoms with Gasteiger partial charge in [-0.05, 0) is 24.8 Å². The molecule has 0 radical (unpaired) electrons. The summed E-state index contributed by atoms with van der Waals surface area (Å²) in [7, 11) is 0. The zero-order valence-electron chi connectivity index (χ0n) is 11.6. The van der Waals surface area contributed by atoms with Crippen LogP contribution in [-0.2, 0) is 13.0 Å². The van der Waals surface area contributed by atoms with E-state index in [4.69, 9.17) is 5.73 Å². The molecule has 4 heteroatoms. The molecule has 0 atom stereocenters. The van der Waals surface area contributed by atoms with Gasteiger partial charge in [-0.2, -0.15) is 0 Å². The van der Waals surface area contributed by atoms with Crippen molar-refractivity contribution in [3.8, 4) is 0 Å². The number of nitrogens with one attached hydrogen (secondary N) is 1. The maximum atomic E-state index is 5.70. The number of nitrogens with two attached hydrogens (primary N) is 1. The van der Waals surface area contributed by atoms with Crippen LogP contribution in [0.3, 0.4) is 0 Å². The van der Waals surface area contributed by atoms with Gasteiger partial charge in [0.1, 0.15) is 0 Å². The van der Waals surface area contributed by atoms with E-state index in [1.807, 2.05) is 6.20 Å². The van der Waals surface area contributed by atoms with Crippen molar-refractivity contribution in [1.29, 1.82) is 0 Å². The van der Waals surface area contributed by atoms with E-state index in [9.17, 15) is 0 Å². The number of nitrogen functional groups attached to an aromatic ring is 1. The van der Waals surface area contributed by atoms with Crippen molar-refractivity contribution in [3.05, 3.63) is 47.0 Å². The smallest absolute Gasteiger partial charge is 0.180 e. The van der Waals surface area contributed by atoms with Gasteiger partial charge in [-0.1, -0.05) is 43.2 Å². The summed E-state index contributed by atoms with van der Waals surface area (Å²) in [5, 5.41) is 4.45. The Hall–Kier alpha value is -1.39. The summed E-state index contributed by atoms with van der Waals surface area (Å²) in [4.78, 5) is 5.35. The molecule has 106 valence electrons. The van der Waals surface area contributed by atoms with Crippen LogP contribution in [0.2, 0.25) is 0 Å². The van der Waals surface area contributed by atoms with Gasteiger partial charge in [0.25, 0.3) is 0 Å². The van der Waals surface area contributed by atoms with Gasteiger partial charge >= 0.3 is 0 Å². The van der Waals surface area contributed by atoms with Gasteiger partial charge in [-0.3, -0.25) is 0 Å². The van der Waals surface area contributed by atoms with Crippen LogP contribution in [0.4, 0.5) is 5.13 Å². The highest BCUT2D eigenvalue weighted by atomic mass is 32.1. The Morgan fingerprint density at radius 3 is 2.60 bits per heavy atom. The summed E-state index contributed by atoms with van der Waals surface area (Å²) in [6, 6.07) is 10.8. The maximum Gasteiger partial charge on any atom is 0.180 e. The molecule has 0 unspecified atom stereocenters. The summed E-state index contributed by atoms with van der Waals surface area (Å²) >= 11 is 1.58. The number of nitrogens with zero attached hydrogens (tertiary/aromatic N) is 1. The van der Waals surface area contributed by atoms with Crippen molar-refractivity contribution in [2.75, 3.05) is 5.73 Å². The van der Waals surface area contributed by atoms with Crippen molar-refractivity contribution in [2.45, 2.75) is 44.2 Å². The maximum absolute atomic E-state index is 5.70. The predicted molar refractivity (Wildman–Crippen MR) is 84.7 cm³/mol. The van der Waals surface area contributed by atoms with E-state index in [1.165, 1.54) is 36.1 Å². The third-order valence-electron chi connectivity index (χ3n) is 4.16. The first-order valence-electron chi connectivity index (χ1n) is 7.25. The molecule has 0 amide bonds. The normalized spacial score (nSPS) is 17.4. The summed E-state index contributed by atoms with van der Waals surface area (Å²) in [6.45, 7) is 0.877. The van der Waals surface area contributed by atoms with Gasteiger partial charge in [-0.15, -0.1) is 11.3 Å². The van der Waals surface area contributed by atoms with Crippen molar-refractivity contribution in [3.63, 3.8) is 0 Å². The number of aromatic nitrogens is 1. The molecule has 3 N–H and O–H groups in total. The highest BCUT2D eigenvalue weighted by molar-refractivity contribution is 7.15. The van der Waals surface area contributed by atoms with Crippen LogP contribution >= 0.6 is 11.3 Å². The van der Waals surface area contributed by atoms with E-state index >= 15 is 0 Å². The quantitative estimate of drug-likeness (QED) is 0.886. The van der Waals surface area contributed by atoms with Gasteiger partial charge < -0.3 is 11.1 Å². The fraction of sp³-hybridized carbons (Fsp3) is 0.438. The van der Waals surface area contributed by atoms with Gasteiger partial charge in [-0.25, -0.2) is 4.98 Å². The van der Waals surface area contributed by atoms with Gasteiger partial charge in [0.05, 0.1) is 0 Å². The van der Waals surface area contributed by atoms with Crippen LogP contribution in [0.25, 0.3) is 0 Å². The third kappa shape index (κ3) is 3.19. The topological polar surface area (TPSA) is 50.9 Å². The molecule has 0 aliphatic heterocycles. The summed E-state index contributed by atoms with van der Waals surface area (Å²) in [5.74, 6) is 0. The van der Waals surface area contributed by atoms with Crippen LogP contribution in [-0.4, -0.2) is 10.5 Å². The first-order chi connectivity index (χ1) is 9.76. The Morgan fingerprint density at radius 2 is 1.95 bits per heavy atom. The molecule has 20 heavy (non-hydrogen) atoms. The molecule has 3 rings (SSSR count). The number of anilines is 1. The molecule has 3 nitrogen and oxygen atoms in total. The number of rotatable bonds is 5. The number of thiazole rings is 1. The predicted octanol–water partition coefficient (Wildman–Crippen LogP) is 3.37. The van der Waals surface area contributed by atoms with Crippen molar-refractivity contribution in [1.82, 2.24) is 10.3 Å². The summed E-state index contributed by atoms with van der Waals surface area (Å²) in [6.07, 6.45) is 8.17. The molecule has 2 aromatic rings. The molecule has 0 saturated heterocycles. The fourth-order valence-electron chi connectivity index (χ4n) is 3.13. The highest BCUT2D eigenvalue weighted by Crippen LogP contribution is 2.33. The zero-order valence-corrected chi connectivity index (χ0v) is 12.5. The fourth-order valence-corrected chi connectivity index (χ4v) is 3.76. The number of hydrogen-bond acceptors (Lipinski definition) is 4. The SMILES string of the molecule is Nc1ncc(CNC2(Cc3ccccc3)CCCC2)s1. The molecule has 1 heterocycles.